The standard InChI is InChI=1S/C10H7F2NO2/c11-9(12)6-1-5(4-14)2-7-8(6)3-13-10(7)15/h1-2,4,9H,3H2,(H,13,15). The van der Waals surface area contributed by atoms with Gasteiger partial charge in [0.05, 0.1) is 0 Å². The summed E-state index contributed by atoms with van der Waals surface area (Å²) in [6.45, 7) is 0.104. The second-order valence-corrected chi connectivity index (χ2v) is 3.24. The predicted octanol–water partition coefficient (Wildman–Crippen LogP) is 1.68. The van der Waals surface area contributed by atoms with Gasteiger partial charge in [0.1, 0.15) is 6.29 Å². The molecular weight excluding hydrogens is 204 g/mol. The molecule has 1 N–H and O–H groups in total. The Hall–Kier alpha value is -1.78. The number of amides is 1. The van der Waals surface area contributed by atoms with E-state index in [2.05, 4.69) is 5.32 Å². The Kier molecular flexibility index (Phi) is 2.22. The van der Waals surface area contributed by atoms with Crippen molar-refractivity contribution in [2.45, 2.75) is 13.0 Å². The molecule has 0 aliphatic carbocycles. The summed E-state index contributed by atoms with van der Waals surface area (Å²) in [6, 6.07) is 2.45. The zero-order valence-corrected chi connectivity index (χ0v) is 7.59. The molecule has 15 heavy (non-hydrogen) atoms. The minimum absolute atomic E-state index is 0.0982. The van der Waals surface area contributed by atoms with Crippen molar-refractivity contribution in [3.63, 3.8) is 0 Å². The van der Waals surface area contributed by atoms with Gasteiger partial charge in [0.2, 0.25) is 0 Å². The molecule has 0 fully saturated rings. The molecule has 78 valence electrons. The van der Waals surface area contributed by atoms with Gasteiger partial charge in [-0.3, -0.25) is 9.59 Å². The van der Waals surface area contributed by atoms with Crippen LogP contribution in [0.3, 0.4) is 0 Å². The Morgan fingerprint density at radius 1 is 1.40 bits per heavy atom. The molecule has 2 rings (SSSR count). The maximum Gasteiger partial charge on any atom is 0.264 e. The number of hydrogen-bond donors (Lipinski definition) is 1. The zero-order valence-electron chi connectivity index (χ0n) is 7.59. The van der Waals surface area contributed by atoms with E-state index in [0.717, 1.165) is 6.07 Å². The number of nitrogens with one attached hydrogen (secondary N) is 1. The van der Waals surface area contributed by atoms with Gasteiger partial charge in [0, 0.05) is 23.2 Å². The summed E-state index contributed by atoms with van der Waals surface area (Å²) < 4.78 is 25.2. The third-order valence-electron chi connectivity index (χ3n) is 2.35. The largest absolute Gasteiger partial charge is 0.348 e. The molecule has 0 unspecified atom stereocenters. The minimum atomic E-state index is -2.67. The number of alkyl halides is 2. The van der Waals surface area contributed by atoms with Crippen molar-refractivity contribution >= 4 is 12.2 Å². The molecule has 1 aromatic rings. The second-order valence-electron chi connectivity index (χ2n) is 3.24. The van der Waals surface area contributed by atoms with Gasteiger partial charge in [-0.2, -0.15) is 0 Å². The van der Waals surface area contributed by atoms with E-state index in [4.69, 9.17) is 0 Å². The molecule has 1 aromatic carbocycles. The SMILES string of the molecule is O=Cc1cc2c(c(C(F)F)c1)CNC2=O. The summed E-state index contributed by atoms with van der Waals surface area (Å²) >= 11 is 0. The van der Waals surface area contributed by atoms with Crippen LogP contribution in [0.15, 0.2) is 12.1 Å². The van der Waals surface area contributed by atoms with E-state index < -0.39 is 12.3 Å². The molecule has 1 aliphatic heterocycles. The summed E-state index contributed by atoms with van der Waals surface area (Å²) in [6.07, 6.45) is -2.22. The fourth-order valence-electron chi connectivity index (χ4n) is 1.64. The summed E-state index contributed by atoms with van der Waals surface area (Å²) in [4.78, 5) is 21.7. The highest BCUT2D eigenvalue weighted by Gasteiger charge is 2.26. The van der Waals surface area contributed by atoms with E-state index in [1.807, 2.05) is 0 Å². The van der Waals surface area contributed by atoms with Crippen molar-refractivity contribution in [3.05, 3.63) is 34.4 Å². The summed E-state index contributed by atoms with van der Waals surface area (Å²) in [5.74, 6) is -0.407. The van der Waals surface area contributed by atoms with Gasteiger partial charge in [-0.1, -0.05) is 0 Å². The quantitative estimate of drug-likeness (QED) is 0.756. The van der Waals surface area contributed by atoms with Crippen LogP contribution in [0.1, 0.15) is 38.3 Å². The zero-order chi connectivity index (χ0) is 11.0. The van der Waals surface area contributed by atoms with Crippen LogP contribution in [0.4, 0.5) is 8.78 Å². The lowest BCUT2D eigenvalue weighted by molar-refractivity contribution is 0.0965. The van der Waals surface area contributed by atoms with Crippen LogP contribution < -0.4 is 5.32 Å². The van der Waals surface area contributed by atoms with Crippen molar-refractivity contribution in [1.29, 1.82) is 0 Å². The third kappa shape index (κ3) is 1.49. The third-order valence-corrected chi connectivity index (χ3v) is 2.35. The number of aldehydes is 1. The second kappa shape index (κ2) is 3.42. The average molecular weight is 211 g/mol. The topological polar surface area (TPSA) is 46.2 Å². The van der Waals surface area contributed by atoms with Crippen molar-refractivity contribution in [1.82, 2.24) is 5.32 Å². The van der Waals surface area contributed by atoms with Gasteiger partial charge >= 0.3 is 0 Å². The van der Waals surface area contributed by atoms with Crippen LogP contribution in [0.25, 0.3) is 0 Å². The maximum absolute atomic E-state index is 12.6. The number of benzene rings is 1. The molecule has 0 saturated carbocycles. The molecule has 0 radical (unpaired) electrons. The lowest BCUT2D eigenvalue weighted by Gasteiger charge is -2.06. The van der Waals surface area contributed by atoms with Gasteiger partial charge in [-0.25, -0.2) is 8.78 Å². The molecule has 0 saturated heterocycles. The molecular formula is C10H7F2NO2. The van der Waals surface area contributed by atoms with Crippen molar-refractivity contribution in [2.24, 2.45) is 0 Å². The molecule has 5 heteroatoms. The van der Waals surface area contributed by atoms with Crippen LogP contribution in [-0.4, -0.2) is 12.2 Å². The first-order chi connectivity index (χ1) is 7.13. The highest BCUT2D eigenvalue weighted by molar-refractivity contribution is 6.00. The van der Waals surface area contributed by atoms with Crippen molar-refractivity contribution in [3.8, 4) is 0 Å². The highest BCUT2D eigenvalue weighted by Crippen LogP contribution is 2.29. The lowest BCUT2D eigenvalue weighted by atomic mass is 10.00. The van der Waals surface area contributed by atoms with Crippen LogP contribution in [-0.2, 0) is 6.54 Å². The first-order valence-electron chi connectivity index (χ1n) is 4.32. The first kappa shape index (κ1) is 9.76. The van der Waals surface area contributed by atoms with Gasteiger partial charge in [0.15, 0.2) is 0 Å². The van der Waals surface area contributed by atoms with Crippen molar-refractivity contribution in [2.75, 3.05) is 0 Å². The molecule has 0 aromatic heterocycles. The summed E-state index contributed by atoms with van der Waals surface area (Å²) in [5.41, 5.74) is 0.324. The Bertz CT molecular complexity index is 443. The lowest BCUT2D eigenvalue weighted by Crippen LogP contribution is -2.12. The van der Waals surface area contributed by atoms with Gasteiger partial charge in [-0.15, -0.1) is 0 Å². The van der Waals surface area contributed by atoms with E-state index in [1.54, 1.807) is 0 Å². The fourth-order valence-corrected chi connectivity index (χ4v) is 1.64. The fraction of sp³-hybridized carbons (Fsp3) is 0.200. The Labute approximate surface area is 84.1 Å². The van der Waals surface area contributed by atoms with E-state index in [1.165, 1.54) is 6.07 Å². The van der Waals surface area contributed by atoms with Gasteiger partial charge < -0.3 is 5.32 Å². The van der Waals surface area contributed by atoms with Gasteiger partial charge in [-0.05, 0) is 17.7 Å². The Morgan fingerprint density at radius 3 is 2.73 bits per heavy atom. The molecule has 1 amide bonds. The van der Waals surface area contributed by atoms with Crippen molar-refractivity contribution < 1.29 is 18.4 Å². The van der Waals surface area contributed by atoms with Crippen LogP contribution >= 0.6 is 0 Å². The van der Waals surface area contributed by atoms with E-state index in [9.17, 15) is 18.4 Å². The molecule has 0 bridgehead atoms. The Morgan fingerprint density at radius 2 is 2.13 bits per heavy atom. The smallest absolute Gasteiger partial charge is 0.264 e. The average Bonchev–Trinajstić information content (AvgIpc) is 2.59. The van der Waals surface area contributed by atoms with Crippen LogP contribution in [0.2, 0.25) is 0 Å². The summed E-state index contributed by atoms with van der Waals surface area (Å²) in [7, 11) is 0. The van der Waals surface area contributed by atoms with E-state index in [-0.39, 0.29) is 23.2 Å². The normalized spacial score (nSPS) is 13.9. The number of rotatable bonds is 2. The predicted molar refractivity (Wildman–Crippen MR) is 48.0 cm³/mol. The number of fused-ring (bicyclic) bond motifs is 1. The first-order valence-corrected chi connectivity index (χ1v) is 4.32. The minimum Gasteiger partial charge on any atom is -0.348 e. The molecule has 0 atom stereocenters. The van der Waals surface area contributed by atoms with E-state index >= 15 is 0 Å². The molecule has 1 aliphatic rings. The molecule has 0 spiro atoms. The summed E-state index contributed by atoms with van der Waals surface area (Å²) in [5, 5.41) is 2.44. The monoisotopic (exact) mass is 211 g/mol. The van der Waals surface area contributed by atoms with Gasteiger partial charge in [0.25, 0.3) is 12.3 Å². The molecule has 3 nitrogen and oxygen atoms in total. The number of hydrogen-bond acceptors (Lipinski definition) is 2. The van der Waals surface area contributed by atoms with E-state index in [0.29, 0.717) is 11.8 Å². The number of halogens is 2. The highest BCUT2D eigenvalue weighted by atomic mass is 19.3. The van der Waals surface area contributed by atoms with Crippen LogP contribution in [0, 0.1) is 0 Å². The maximum atomic E-state index is 12.6. The number of carbonyl (C=O) groups is 2. The molecule has 1 heterocycles. The number of carbonyl (C=O) groups excluding carboxylic acids is 2. The van der Waals surface area contributed by atoms with Crippen LogP contribution in [0.5, 0.6) is 0 Å². The Balaban J connectivity index is 2.65.